The number of aryl methyl sites for hydroxylation is 2. The third kappa shape index (κ3) is 3.82. The van der Waals surface area contributed by atoms with Crippen LogP contribution in [0.25, 0.3) is 11.0 Å². The predicted octanol–water partition coefficient (Wildman–Crippen LogP) is 4.87. The summed E-state index contributed by atoms with van der Waals surface area (Å²) in [6.45, 7) is 4.28. The van der Waals surface area contributed by atoms with Crippen molar-refractivity contribution in [3.05, 3.63) is 105 Å². The lowest BCUT2D eigenvalue weighted by Crippen LogP contribution is -2.44. The van der Waals surface area contributed by atoms with Crippen LogP contribution in [0, 0.1) is 12.7 Å². The normalized spacial score (nSPS) is 15.5. The van der Waals surface area contributed by atoms with Gasteiger partial charge in [0.1, 0.15) is 17.0 Å². The van der Waals surface area contributed by atoms with E-state index in [0.29, 0.717) is 30.7 Å². The molecule has 1 amide bonds. The fraction of sp³-hybridized carbons (Fsp3) is 0.222. The molecule has 0 bridgehead atoms. The van der Waals surface area contributed by atoms with Gasteiger partial charge in [0.05, 0.1) is 6.54 Å². The topological polar surface area (TPSA) is 55.2 Å². The van der Waals surface area contributed by atoms with Crippen LogP contribution in [0.15, 0.2) is 71.7 Å². The minimum Gasteiger partial charge on any atom is -0.305 e. The third-order valence-corrected chi connectivity index (χ3v) is 6.33. The molecule has 33 heavy (non-hydrogen) atoms. The zero-order chi connectivity index (χ0) is 23.1. The number of aromatic nitrogens is 2. The van der Waals surface area contributed by atoms with Gasteiger partial charge in [-0.2, -0.15) is 0 Å². The maximum Gasteiger partial charge on any atom is 0.265 e. The predicted molar refractivity (Wildman–Crippen MR) is 127 cm³/mol. The van der Waals surface area contributed by atoms with Crippen molar-refractivity contribution in [3.63, 3.8) is 0 Å². The van der Waals surface area contributed by atoms with Gasteiger partial charge in [-0.1, -0.05) is 29.8 Å². The second-order valence-electron chi connectivity index (χ2n) is 8.69. The minimum atomic E-state index is -0.381. The summed E-state index contributed by atoms with van der Waals surface area (Å²) < 4.78 is 15.4. The zero-order valence-corrected chi connectivity index (χ0v) is 18.6. The summed E-state index contributed by atoms with van der Waals surface area (Å²) in [5.74, 6) is -0.698. The van der Waals surface area contributed by atoms with Crippen LogP contribution in [0.1, 0.15) is 40.4 Å². The Morgan fingerprint density at radius 3 is 2.70 bits per heavy atom. The number of hydrogen-bond acceptors (Lipinski definition) is 3. The van der Waals surface area contributed by atoms with E-state index in [4.69, 9.17) is 0 Å². The highest BCUT2D eigenvalue weighted by Crippen LogP contribution is 2.32. The van der Waals surface area contributed by atoms with Crippen molar-refractivity contribution >= 4 is 22.6 Å². The molecule has 2 aromatic heterocycles. The van der Waals surface area contributed by atoms with Crippen LogP contribution in [-0.2, 0) is 13.0 Å². The van der Waals surface area contributed by atoms with E-state index in [1.54, 1.807) is 33.9 Å². The highest BCUT2D eigenvalue weighted by atomic mass is 19.1. The Morgan fingerprint density at radius 1 is 1.12 bits per heavy atom. The highest BCUT2D eigenvalue weighted by molar-refractivity contribution is 6.08. The van der Waals surface area contributed by atoms with Gasteiger partial charge in [-0.05, 0) is 74.2 Å². The molecule has 2 aromatic carbocycles. The van der Waals surface area contributed by atoms with Gasteiger partial charge in [0.15, 0.2) is 0 Å². The molecule has 1 aliphatic rings. The largest absolute Gasteiger partial charge is 0.305 e. The number of carbonyl (C=O) groups is 1. The molecule has 0 N–H and O–H groups in total. The number of benzene rings is 2. The number of fused-ring (bicyclic) bond motifs is 2. The molecule has 0 aliphatic carbocycles. The summed E-state index contributed by atoms with van der Waals surface area (Å²) in [5.41, 5.74) is 3.77. The van der Waals surface area contributed by atoms with E-state index in [-0.39, 0.29) is 28.9 Å². The second kappa shape index (κ2) is 8.28. The van der Waals surface area contributed by atoms with Gasteiger partial charge >= 0.3 is 0 Å². The van der Waals surface area contributed by atoms with E-state index in [0.717, 1.165) is 22.1 Å². The van der Waals surface area contributed by atoms with Gasteiger partial charge in [-0.3, -0.25) is 14.2 Å². The van der Waals surface area contributed by atoms with Gasteiger partial charge in [0.25, 0.3) is 11.5 Å². The number of anilines is 1. The highest BCUT2D eigenvalue weighted by Gasteiger charge is 2.31. The average Bonchev–Trinajstić information content (AvgIpc) is 2.81. The lowest BCUT2D eigenvalue weighted by Gasteiger charge is -2.35. The van der Waals surface area contributed by atoms with Crippen molar-refractivity contribution in [2.75, 3.05) is 4.90 Å². The van der Waals surface area contributed by atoms with Crippen LogP contribution in [0.3, 0.4) is 0 Å². The number of nitrogens with zero attached hydrogens (tertiary/aromatic N) is 3. The van der Waals surface area contributed by atoms with Crippen LogP contribution in [0.5, 0.6) is 0 Å². The van der Waals surface area contributed by atoms with Crippen LogP contribution in [0.2, 0.25) is 0 Å². The summed E-state index contributed by atoms with van der Waals surface area (Å²) in [7, 11) is 0. The molecule has 1 atom stereocenters. The molecular weight excluding hydrogens is 417 g/mol. The maximum atomic E-state index is 13.8. The molecule has 0 saturated carbocycles. The van der Waals surface area contributed by atoms with Crippen LogP contribution >= 0.6 is 0 Å². The molecule has 166 valence electrons. The Kier molecular flexibility index (Phi) is 5.29. The SMILES string of the molecule is Cc1ccc(Cn2c(=O)c(C(=O)N3c4ccc(F)cc4CCC3C)cc3cccnc32)cc1. The Balaban J connectivity index is 1.65. The number of pyridine rings is 2. The van der Waals surface area contributed by atoms with E-state index >= 15 is 0 Å². The molecule has 0 radical (unpaired) electrons. The molecule has 0 spiro atoms. The monoisotopic (exact) mass is 441 g/mol. The Morgan fingerprint density at radius 2 is 1.91 bits per heavy atom. The summed E-state index contributed by atoms with van der Waals surface area (Å²) in [5, 5.41) is 0.719. The zero-order valence-electron chi connectivity index (χ0n) is 18.6. The minimum absolute atomic E-state index is 0.0895. The Hall–Kier alpha value is -3.80. The first-order valence-electron chi connectivity index (χ1n) is 11.1. The number of hydrogen-bond donors (Lipinski definition) is 0. The summed E-state index contributed by atoms with van der Waals surface area (Å²) >= 11 is 0. The lowest BCUT2D eigenvalue weighted by molar-refractivity contribution is 0.0973. The van der Waals surface area contributed by atoms with E-state index in [1.807, 2.05) is 44.2 Å². The number of amides is 1. The first-order chi connectivity index (χ1) is 15.9. The van der Waals surface area contributed by atoms with E-state index in [1.165, 1.54) is 12.1 Å². The molecule has 3 heterocycles. The van der Waals surface area contributed by atoms with Crippen molar-refractivity contribution in [1.82, 2.24) is 9.55 Å². The van der Waals surface area contributed by atoms with Gasteiger partial charge < -0.3 is 4.90 Å². The maximum absolute atomic E-state index is 13.8. The summed E-state index contributed by atoms with van der Waals surface area (Å²) in [6.07, 6.45) is 3.04. The van der Waals surface area contributed by atoms with E-state index in [9.17, 15) is 14.0 Å². The molecule has 5 nitrogen and oxygen atoms in total. The van der Waals surface area contributed by atoms with Gasteiger partial charge in [-0.15, -0.1) is 0 Å². The average molecular weight is 442 g/mol. The summed E-state index contributed by atoms with van der Waals surface area (Å²) in [6, 6.07) is 17.6. The van der Waals surface area contributed by atoms with Crippen molar-refractivity contribution < 1.29 is 9.18 Å². The molecule has 0 fully saturated rings. The fourth-order valence-corrected chi connectivity index (χ4v) is 4.54. The molecule has 6 heteroatoms. The Bertz CT molecular complexity index is 1430. The third-order valence-electron chi connectivity index (χ3n) is 6.33. The van der Waals surface area contributed by atoms with Crippen LogP contribution < -0.4 is 10.5 Å². The summed E-state index contributed by atoms with van der Waals surface area (Å²) in [4.78, 5) is 33.5. The smallest absolute Gasteiger partial charge is 0.265 e. The second-order valence-corrected chi connectivity index (χ2v) is 8.69. The number of carbonyl (C=O) groups excluding carboxylic acids is 1. The standard InChI is InChI=1S/C27H24FN3O2/c1-17-5-8-19(9-6-17)16-30-25-21(4-3-13-29-25)15-23(26(30)32)27(33)31-18(2)7-10-20-14-22(28)11-12-24(20)31/h3-6,8-9,11-15,18H,7,10,16H2,1-2H3. The van der Waals surface area contributed by atoms with Crippen molar-refractivity contribution in [2.45, 2.75) is 39.3 Å². The molecule has 0 saturated heterocycles. The Labute approximate surface area is 191 Å². The van der Waals surface area contributed by atoms with Gasteiger partial charge in [-0.25, -0.2) is 9.37 Å². The van der Waals surface area contributed by atoms with Gasteiger partial charge in [0.2, 0.25) is 0 Å². The van der Waals surface area contributed by atoms with Crippen LogP contribution in [0.4, 0.5) is 10.1 Å². The number of halogens is 1. The van der Waals surface area contributed by atoms with Crippen molar-refractivity contribution in [3.8, 4) is 0 Å². The first-order valence-corrected chi connectivity index (χ1v) is 11.1. The molecule has 1 unspecified atom stereocenters. The van der Waals surface area contributed by atoms with Gasteiger partial charge in [0, 0.05) is 23.3 Å². The fourth-order valence-electron chi connectivity index (χ4n) is 4.54. The molecule has 5 rings (SSSR count). The van der Waals surface area contributed by atoms with Crippen molar-refractivity contribution in [1.29, 1.82) is 0 Å². The first kappa shape index (κ1) is 21.1. The molecular formula is C27H24FN3O2. The number of rotatable bonds is 3. The van der Waals surface area contributed by atoms with Crippen molar-refractivity contribution in [2.24, 2.45) is 0 Å². The lowest BCUT2D eigenvalue weighted by atomic mass is 9.95. The molecule has 1 aliphatic heterocycles. The van der Waals surface area contributed by atoms with E-state index < -0.39 is 0 Å². The quantitative estimate of drug-likeness (QED) is 0.456. The van der Waals surface area contributed by atoms with Crippen LogP contribution in [-0.4, -0.2) is 21.5 Å². The molecule has 4 aromatic rings. The van der Waals surface area contributed by atoms with E-state index in [2.05, 4.69) is 4.98 Å².